The summed E-state index contributed by atoms with van der Waals surface area (Å²) in [5.41, 5.74) is 0. The second kappa shape index (κ2) is 18.1. The maximum Gasteiger partial charge on any atom is 2.00 e. The van der Waals surface area contributed by atoms with Gasteiger partial charge >= 0.3 is 23.1 Å². The Morgan fingerprint density at radius 3 is 1.25 bits per heavy atom. The van der Waals surface area contributed by atoms with E-state index in [1.54, 1.807) is 0 Å². The molecule has 0 unspecified atom stereocenters. The molecule has 0 aromatic heterocycles. The summed E-state index contributed by atoms with van der Waals surface area (Å²) in [4.78, 5) is 0. The van der Waals surface area contributed by atoms with Crippen molar-refractivity contribution in [3.63, 3.8) is 0 Å². The van der Waals surface area contributed by atoms with Crippen LogP contribution in [0.5, 0.6) is 0 Å². The van der Waals surface area contributed by atoms with Gasteiger partial charge in [-0.3, -0.25) is 0 Å². The third kappa shape index (κ3) is 8.83. The topological polar surface area (TPSA) is 0 Å². The maximum absolute atomic E-state index is 0. The van der Waals surface area contributed by atoms with Crippen LogP contribution in [0, 0.1) is 0 Å². The Bertz CT molecular complexity index is 13.5. The zero-order chi connectivity index (χ0) is 0. The van der Waals surface area contributed by atoms with Gasteiger partial charge in [-0.25, -0.2) is 0 Å². The summed E-state index contributed by atoms with van der Waals surface area (Å²) in [5, 5.41) is 0. The Morgan fingerprint density at radius 1 is 1.25 bits per heavy atom. The Morgan fingerprint density at radius 2 is 1.25 bits per heavy atom. The molecule has 0 spiro atoms. The summed E-state index contributed by atoms with van der Waals surface area (Å²) < 4.78 is 0. The normalized spacial score (nSPS) is 0. The molecule has 0 saturated heterocycles. The zero-order valence-corrected chi connectivity index (χ0v) is 7.21. The van der Waals surface area contributed by atoms with Gasteiger partial charge in [0.2, 0.25) is 0 Å². The van der Waals surface area contributed by atoms with Crippen molar-refractivity contribution >= 4 is 23.1 Å². The molecule has 0 N–H and O–H groups in total. The Hall–Kier alpha value is 2.40. The molecule has 0 fully saturated rings. The molecule has 0 rings (SSSR count). The van der Waals surface area contributed by atoms with E-state index >= 15 is 0 Å². The minimum atomic E-state index is 0. The van der Waals surface area contributed by atoms with E-state index in [4.69, 9.17) is 0 Å². The molecule has 0 bridgehead atoms. The van der Waals surface area contributed by atoms with Crippen LogP contribution in [-0.4, -0.2) is 23.1 Å². The minimum absolute atomic E-state index is 0. The van der Waals surface area contributed by atoms with Gasteiger partial charge in [0, 0.05) is 53.0 Å². The first kappa shape index (κ1) is 32.4. The van der Waals surface area contributed by atoms with E-state index in [0.29, 0.717) is 0 Å². The fourth-order valence-electron chi connectivity index (χ4n) is 0. The Balaban J connectivity index is 0. The van der Waals surface area contributed by atoms with E-state index in [-0.39, 0.29) is 78.9 Å². The SMILES string of the molecule is [Cr].[H-].[H-].[Mg+2].[Mn].[V]. The Labute approximate surface area is 78.1 Å². The molecular formula is H2CrMgMnV. The van der Waals surface area contributed by atoms with Gasteiger partial charge in [0.15, 0.2) is 0 Å². The van der Waals surface area contributed by atoms with Gasteiger partial charge in [-0.1, -0.05) is 0 Å². The van der Waals surface area contributed by atoms with Crippen LogP contribution in [0.4, 0.5) is 0 Å². The summed E-state index contributed by atoms with van der Waals surface area (Å²) in [6, 6.07) is 0. The van der Waals surface area contributed by atoms with Gasteiger partial charge in [-0.05, 0) is 0 Å². The fourth-order valence-corrected chi connectivity index (χ4v) is 0. The van der Waals surface area contributed by atoms with Gasteiger partial charge < -0.3 is 2.85 Å². The smallest absolute Gasteiger partial charge is 1.00 e. The first-order valence-corrected chi connectivity index (χ1v) is 0. The standard InChI is InChI=1S/Cr.Mg.Mn.V.2H/q;+2;;;2*-1. The summed E-state index contributed by atoms with van der Waals surface area (Å²) >= 11 is 0. The second-order valence-corrected chi connectivity index (χ2v) is 0. The van der Waals surface area contributed by atoms with Crippen LogP contribution in [0.1, 0.15) is 2.85 Å². The molecule has 0 aromatic rings. The van der Waals surface area contributed by atoms with E-state index in [1.807, 2.05) is 0 Å². The minimum Gasteiger partial charge on any atom is -1.00 e. The van der Waals surface area contributed by atoms with E-state index in [0.717, 1.165) is 0 Å². The number of rotatable bonds is 0. The molecule has 0 aromatic carbocycles. The number of hydrogen-bond donors (Lipinski definition) is 0. The average Bonchev–Trinajstić information content (AvgIpc) is 0. The van der Waals surface area contributed by atoms with Crippen molar-refractivity contribution in [1.29, 1.82) is 0 Å². The van der Waals surface area contributed by atoms with Gasteiger partial charge in [0.05, 0.1) is 0 Å². The molecule has 0 aliphatic carbocycles. The van der Waals surface area contributed by atoms with E-state index in [9.17, 15) is 0 Å². The monoisotopic (exact) mass is 184 g/mol. The summed E-state index contributed by atoms with van der Waals surface area (Å²) in [5.74, 6) is 0. The predicted octanol–water partition coefficient (Wildman–Crippen LogP) is -0.163. The summed E-state index contributed by atoms with van der Waals surface area (Å²) in [6.45, 7) is 0. The summed E-state index contributed by atoms with van der Waals surface area (Å²) in [6.07, 6.45) is 0. The van der Waals surface area contributed by atoms with Crippen molar-refractivity contribution in [2.45, 2.75) is 0 Å². The van der Waals surface area contributed by atoms with Crippen LogP contribution >= 0.6 is 0 Å². The average molecular weight is 184 g/mol. The molecule has 22 valence electrons. The molecule has 0 saturated carbocycles. The van der Waals surface area contributed by atoms with Gasteiger partial charge in [0.1, 0.15) is 0 Å². The van der Waals surface area contributed by atoms with Gasteiger partial charge in [-0.2, -0.15) is 0 Å². The van der Waals surface area contributed by atoms with Crippen LogP contribution in [0.15, 0.2) is 0 Å². The molecule has 4 heavy (non-hydrogen) atoms. The summed E-state index contributed by atoms with van der Waals surface area (Å²) in [7, 11) is 0. The van der Waals surface area contributed by atoms with Crippen LogP contribution in [-0.2, 0) is 53.0 Å². The van der Waals surface area contributed by atoms with Gasteiger partial charge in [0.25, 0.3) is 0 Å². The van der Waals surface area contributed by atoms with Crippen molar-refractivity contribution in [1.82, 2.24) is 0 Å². The molecule has 0 amide bonds. The fraction of sp³-hybridized carbons (Fsp3) is 0. The van der Waals surface area contributed by atoms with Crippen molar-refractivity contribution in [2.75, 3.05) is 0 Å². The molecule has 0 nitrogen and oxygen atoms in total. The predicted molar refractivity (Wildman–Crippen MR) is 7.98 cm³/mol. The molecule has 0 heterocycles. The van der Waals surface area contributed by atoms with Crippen LogP contribution in [0.25, 0.3) is 0 Å². The molecule has 0 aliphatic heterocycles. The van der Waals surface area contributed by atoms with Crippen molar-refractivity contribution < 1.29 is 55.8 Å². The number of hydrogen-bond acceptors (Lipinski definition) is 0. The van der Waals surface area contributed by atoms with Crippen LogP contribution < -0.4 is 0 Å². The van der Waals surface area contributed by atoms with Crippen LogP contribution in [0.3, 0.4) is 0 Å². The first-order valence-electron chi connectivity index (χ1n) is 0. The molecule has 2 radical (unpaired) electrons. The third-order valence-corrected chi connectivity index (χ3v) is 0. The third-order valence-electron chi connectivity index (χ3n) is 0. The van der Waals surface area contributed by atoms with Crippen molar-refractivity contribution in [2.24, 2.45) is 0 Å². The van der Waals surface area contributed by atoms with E-state index in [1.165, 1.54) is 0 Å². The molecule has 0 atom stereocenters. The van der Waals surface area contributed by atoms with Gasteiger partial charge in [-0.15, -0.1) is 0 Å². The molecule has 0 aliphatic rings. The maximum atomic E-state index is 0. The van der Waals surface area contributed by atoms with Crippen molar-refractivity contribution in [3.8, 4) is 0 Å². The quantitative estimate of drug-likeness (QED) is 0.459. The van der Waals surface area contributed by atoms with E-state index < -0.39 is 0 Å². The van der Waals surface area contributed by atoms with E-state index in [2.05, 4.69) is 0 Å². The Kier molecular flexibility index (Phi) is 147. The van der Waals surface area contributed by atoms with Crippen LogP contribution in [0.2, 0.25) is 0 Å². The largest absolute Gasteiger partial charge is 2.00 e. The zero-order valence-electron chi connectivity index (χ0n) is 3.94. The molecule has 4 heteroatoms. The second-order valence-electron chi connectivity index (χ2n) is 0. The van der Waals surface area contributed by atoms with Crippen molar-refractivity contribution in [3.05, 3.63) is 0 Å². The molecular weight excluding hydrogens is 182 g/mol. The first-order chi connectivity index (χ1) is 0.